The molecule has 1 atom stereocenters. The fourth-order valence-electron chi connectivity index (χ4n) is 4.51. The van der Waals surface area contributed by atoms with E-state index in [-0.39, 0.29) is 31.6 Å². The highest BCUT2D eigenvalue weighted by Gasteiger charge is 2.31. The lowest BCUT2D eigenvalue weighted by Crippen LogP contribution is -2.40. The number of hydrogen-bond donors (Lipinski definition) is 3. The predicted octanol–water partition coefficient (Wildman–Crippen LogP) is 1.99. The van der Waals surface area contributed by atoms with Crippen molar-refractivity contribution in [2.24, 2.45) is 0 Å². The average Bonchev–Trinajstić information content (AvgIpc) is 3.27. The summed E-state index contributed by atoms with van der Waals surface area (Å²) in [5.41, 5.74) is 2.40. The van der Waals surface area contributed by atoms with Crippen LogP contribution >= 0.6 is 11.6 Å². The van der Waals surface area contributed by atoms with Crippen molar-refractivity contribution in [3.8, 4) is 17.1 Å². The highest BCUT2D eigenvalue weighted by Crippen LogP contribution is 2.30. The summed E-state index contributed by atoms with van der Waals surface area (Å²) in [6, 6.07) is 6.20. The van der Waals surface area contributed by atoms with Gasteiger partial charge in [0.15, 0.2) is 0 Å². The van der Waals surface area contributed by atoms with E-state index in [1.165, 1.54) is 18.2 Å². The van der Waals surface area contributed by atoms with Gasteiger partial charge >= 0.3 is 0 Å². The molecule has 5 rings (SSSR count). The van der Waals surface area contributed by atoms with Crippen molar-refractivity contribution in [3.63, 3.8) is 0 Å². The van der Waals surface area contributed by atoms with Gasteiger partial charge in [-0.2, -0.15) is 0 Å². The lowest BCUT2D eigenvalue weighted by atomic mass is 10.1. The number of pyridine rings is 2. The van der Waals surface area contributed by atoms with Crippen molar-refractivity contribution in [2.75, 3.05) is 38.8 Å². The molecule has 12 nitrogen and oxygen atoms in total. The summed E-state index contributed by atoms with van der Waals surface area (Å²) in [5.74, 6) is 0.0286. The van der Waals surface area contributed by atoms with Crippen LogP contribution in [0, 0.1) is 0 Å². The Bertz CT molecular complexity index is 1370. The van der Waals surface area contributed by atoms with Crippen molar-refractivity contribution in [1.29, 1.82) is 0 Å². The topological polar surface area (TPSA) is 152 Å². The number of amides is 2. The third-order valence-corrected chi connectivity index (χ3v) is 6.84. The summed E-state index contributed by atoms with van der Waals surface area (Å²) in [6.45, 7) is 0.968. The second kappa shape index (κ2) is 11.9. The van der Waals surface area contributed by atoms with E-state index >= 15 is 0 Å². The maximum atomic E-state index is 13.2. The van der Waals surface area contributed by atoms with Gasteiger partial charge in [-0.05, 0) is 25.0 Å². The Morgan fingerprint density at radius 1 is 1.26 bits per heavy atom. The first-order valence-corrected chi connectivity index (χ1v) is 12.9. The monoisotopic (exact) mass is 553 g/mol. The number of aliphatic hydroxyl groups is 1. The number of fused-ring (bicyclic) bond motifs is 1. The lowest BCUT2D eigenvalue weighted by molar-refractivity contribution is -0.122. The molecular formula is C26H28ClN7O5. The fraction of sp³-hybridized carbons (Fsp3) is 0.385. The minimum atomic E-state index is -0.749. The molecule has 1 saturated heterocycles. The Morgan fingerprint density at radius 2 is 2.08 bits per heavy atom. The number of ether oxygens (including phenoxy) is 2. The zero-order valence-electron chi connectivity index (χ0n) is 21.3. The molecule has 1 unspecified atom stereocenters. The van der Waals surface area contributed by atoms with Crippen LogP contribution in [0.1, 0.15) is 40.6 Å². The van der Waals surface area contributed by atoms with Crippen LogP contribution in [0.5, 0.6) is 5.88 Å². The maximum absolute atomic E-state index is 13.2. The van der Waals surface area contributed by atoms with Crippen LogP contribution in [0.3, 0.4) is 0 Å². The van der Waals surface area contributed by atoms with Crippen molar-refractivity contribution in [3.05, 3.63) is 58.6 Å². The predicted molar refractivity (Wildman–Crippen MR) is 141 cm³/mol. The van der Waals surface area contributed by atoms with E-state index in [0.717, 1.165) is 12.8 Å². The molecule has 2 aliphatic rings. The molecule has 5 heterocycles. The summed E-state index contributed by atoms with van der Waals surface area (Å²) >= 11 is 6.41. The molecule has 0 saturated carbocycles. The number of hydrogen-bond acceptors (Lipinski definition) is 10. The van der Waals surface area contributed by atoms with E-state index in [4.69, 9.17) is 21.1 Å². The third-order valence-electron chi connectivity index (χ3n) is 6.56. The molecule has 0 spiro atoms. The third kappa shape index (κ3) is 6.08. The molecule has 0 aromatic carbocycles. The van der Waals surface area contributed by atoms with Crippen LogP contribution in [0.25, 0.3) is 11.3 Å². The first kappa shape index (κ1) is 26.7. The van der Waals surface area contributed by atoms with Gasteiger partial charge in [0.25, 0.3) is 5.91 Å². The van der Waals surface area contributed by atoms with Crippen molar-refractivity contribution in [2.45, 2.75) is 31.5 Å². The van der Waals surface area contributed by atoms with Crippen LogP contribution in [-0.2, 0) is 16.1 Å². The SMILES string of the molecule is COc1cccc(C(CO)NC(=O)CN2Cc3ncc(-c4nc(NC5CCOCC5)ncc4Cl)cc3C2=O)n1. The van der Waals surface area contributed by atoms with Gasteiger partial charge in [0.2, 0.25) is 17.7 Å². The minimum Gasteiger partial charge on any atom is -0.481 e. The van der Waals surface area contributed by atoms with Gasteiger partial charge in [-0.25, -0.2) is 15.0 Å². The first-order chi connectivity index (χ1) is 18.9. The number of carbonyl (C=O) groups is 2. The zero-order chi connectivity index (χ0) is 27.4. The second-order valence-corrected chi connectivity index (χ2v) is 9.62. The molecule has 1 fully saturated rings. The van der Waals surface area contributed by atoms with Gasteiger partial charge in [-0.3, -0.25) is 14.6 Å². The van der Waals surface area contributed by atoms with E-state index in [1.54, 1.807) is 30.5 Å². The fourth-order valence-corrected chi connectivity index (χ4v) is 4.71. The number of carbonyl (C=O) groups excluding carboxylic acids is 2. The Labute approximate surface area is 229 Å². The Hall–Kier alpha value is -3.87. The maximum Gasteiger partial charge on any atom is 0.256 e. The number of aliphatic hydroxyl groups excluding tert-OH is 1. The molecule has 13 heteroatoms. The van der Waals surface area contributed by atoms with Crippen molar-refractivity contribution in [1.82, 2.24) is 30.2 Å². The van der Waals surface area contributed by atoms with E-state index in [9.17, 15) is 14.7 Å². The second-order valence-electron chi connectivity index (χ2n) is 9.21. The standard InChI is InChI=1S/C26H28ClN7O5/c1-38-23-4-2-3-19(32-23)21(14-35)31-22(36)13-34-12-20-17(25(34)37)9-15(10-28-20)24-18(27)11-29-26(33-24)30-16-5-7-39-8-6-16/h2-4,9-11,16,21,35H,5-8,12-14H2,1H3,(H,31,36)(H,29,30,33). The van der Waals surface area contributed by atoms with Crippen LogP contribution in [0.4, 0.5) is 5.95 Å². The zero-order valence-corrected chi connectivity index (χ0v) is 22.0. The molecular weight excluding hydrogens is 526 g/mol. The van der Waals surface area contributed by atoms with E-state index in [2.05, 4.69) is 30.6 Å². The highest BCUT2D eigenvalue weighted by atomic mass is 35.5. The molecule has 39 heavy (non-hydrogen) atoms. The normalized spacial score (nSPS) is 16.1. The highest BCUT2D eigenvalue weighted by molar-refractivity contribution is 6.32. The molecule has 2 amide bonds. The van der Waals surface area contributed by atoms with E-state index in [1.807, 2.05) is 0 Å². The molecule has 2 aliphatic heterocycles. The smallest absolute Gasteiger partial charge is 0.256 e. The summed E-state index contributed by atoms with van der Waals surface area (Å²) in [6.07, 6.45) is 4.84. The van der Waals surface area contributed by atoms with Gasteiger partial charge in [0, 0.05) is 37.1 Å². The number of methoxy groups -OCH3 is 1. The van der Waals surface area contributed by atoms with Gasteiger partial charge in [-0.1, -0.05) is 17.7 Å². The molecule has 3 aromatic heterocycles. The molecule has 3 N–H and O–H groups in total. The molecule has 0 radical (unpaired) electrons. The lowest BCUT2D eigenvalue weighted by Gasteiger charge is -2.23. The average molecular weight is 554 g/mol. The first-order valence-electron chi connectivity index (χ1n) is 12.5. The Balaban J connectivity index is 1.27. The van der Waals surface area contributed by atoms with Crippen LogP contribution in [0.15, 0.2) is 36.7 Å². The number of halogens is 1. The molecule has 0 bridgehead atoms. The van der Waals surface area contributed by atoms with Crippen LogP contribution in [-0.4, -0.2) is 81.3 Å². The van der Waals surface area contributed by atoms with Gasteiger partial charge in [-0.15, -0.1) is 0 Å². The number of nitrogens with zero attached hydrogens (tertiary/aromatic N) is 5. The van der Waals surface area contributed by atoms with Crippen molar-refractivity contribution < 1.29 is 24.2 Å². The summed E-state index contributed by atoms with van der Waals surface area (Å²) in [5, 5.41) is 16.2. The number of rotatable bonds is 9. The number of anilines is 1. The molecule has 204 valence electrons. The van der Waals surface area contributed by atoms with Gasteiger partial charge in [0.05, 0.1) is 60.2 Å². The summed E-state index contributed by atoms with van der Waals surface area (Å²) in [7, 11) is 1.48. The quantitative estimate of drug-likeness (QED) is 0.358. The number of aromatic nitrogens is 4. The largest absolute Gasteiger partial charge is 0.481 e. The van der Waals surface area contributed by atoms with E-state index in [0.29, 0.717) is 58.3 Å². The summed E-state index contributed by atoms with van der Waals surface area (Å²) < 4.78 is 10.5. The van der Waals surface area contributed by atoms with Gasteiger partial charge < -0.3 is 30.1 Å². The number of nitrogens with one attached hydrogen (secondary N) is 2. The van der Waals surface area contributed by atoms with Crippen LogP contribution < -0.4 is 15.4 Å². The molecule has 3 aromatic rings. The van der Waals surface area contributed by atoms with Gasteiger partial charge in [0.1, 0.15) is 6.54 Å². The Kier molecular flexibility index (Phi) is 8.15. The van der Waals surface area contributed by atoms with Crippen molar-refractivity contribution >= 4 is 29.4 Å². The summed E-state index contributed by atoms with van der Waals surface area (Å²) in [4.78, 5) is 44.9. The Morgan fingerprint density at radius 3 is 2.85 bits per heavy atom. The van der Waals surface area contributed by atoms with E-state index < -0.39 is 11.9 Å². The minimum absolute atomic E-state index is 0.178. The van der Waals surface area contributed by atoms with Crippen LogP contribution in [0.2, 0.25) is 5.02 Å². The molecule has 0 aliphatic carbocycles.